The van der Waals surface area contributed by atoms with Crippen LogP contribution >= 0.6 is 12.4 Å². The summed E-state index contributed by atoms with van der Waals surface area (Å²) < 4.78 is 14.7. The molecule has 1 amide bonds. The van der Waals surface area contributed by atoms with Crippen molar-refractivity contribution in [2.45, 2.75) is 19.8 Å². The third-order valence-corrected chi connectivity index (χ3v) is 4.28. The number of rotatable bonds is 4. The van der Waals surface area contributed by atoms with Gasteiger partial charge in [-0.05, 0) is 63.0 Å². The zero-order valence-electron chi connectivity index (χ0n) is 13.6. The Hall–Kier alpha value is -1.92. The summed E-state index contributed by atoms with van der Waals surface area (Å²) in [6, 6.07) is 6.05. The maximum atomic E-state index is 13.0. The lowest BCUT2D eigenvalue weighted by Crippen LogP contribution is -2.38. The molecule has 1 aromatic heterocycles. The van der Waals surface area contributed by atoms with Crippen molar-refractivity contribution < 1.29 is 9.18 Å². The highest BCUT2D eigenvalue weighted by atomic mass is 35.5. The fraction of sp³-hybridized carbons (Fsp3) is 0.412. The van der Waals surface area contributed by atoms with Gasteiger partial charge in [0.05, 0.1) is 23.1 Å². The molecular formula is C17H22ClFN4O. The van der Waals surface area contributed by atoms with E-state index < -0.39 is 0 Å². The second-order valence-corrected chi connectivity index (χ2v) is 5.95. The highest BCUT2D eigenvalue weighted by molar-refractivity contribution is 5.95. The SMILES string of the molecule is Cc1c(C(=O)NCC2CCCNC2)cnn1-c1ccc(F)cc1.Cl. The molecule has 1 fully saturated rings. The first kappa shape index (κ1) is 18.4. The molecule has 1 aliphatic heterocycles. The third-order valence-electron chi connectivity index (χ3n) is 4.28. The van der Waals surface area contributed by atoms with Crippen LogP contribution in [0.5, 0.6) is 0 Å². The van der Waals surface area contributed by atoms with E-state index in [0.717, 1.165) is 37.3 Å². The number of nitrogens with zero attached hydrogens (tertiary/aromatic N) is 2. The van der Waals surface area contributed by atoms with Crippen LogP contribution in [0.4, 0.5) is 4.39 Å². The Bertz CT molecular complexity index is 680. The van der Waals surface area contributed by atoms with Crippen LogP contribution in [-0.4, -0.2) is 35.3 Å². The highest BCUT2D eigenvalue weighted by Gasteiger charge is 2.18. The largest absolute Gasteiger partial charge is 0.352 e. The Morgan fingerprint density at radius 3 is 2.83 bits per heavy atom. The molecule has 0 spiro atoms. The standard InChI is InChI=1S/C17H21FN4O.ClH/c1-12-16(17(23)20-10-13-3-2-8-19-9-13)11-21-22(12)15-6-4-14(18)5-7-15;/h4-7,11,13,19H,2-3,8-10H2,1H3,(H,20,23);1H. The summed E-state index contributed by atoms with van der Waals surface area (Å²) in [4.78, 5) is 12.4. The van der Waals surface area contributed by atoms with E-state index in [9.17, 15) is 9.18 Å². The second-order valence-electron chi connectivity index (χ2n) is 5.95. The van der Waals surface area contributed by atoms with Crippen LogP contribution in [-0.2, 0) is 0 Å². The van der Waals surface area contributed by atoms with Gasteiger partial charge < -0.3 is 10.6 Å². The van der Waals surface area contributed by atoms with Crippen LogP contribution in [0.3, 0.4) is 0 Å². The van der Waals surface area contributed by atoms with Crippen LogP contribution in [0.15, 0.2) is 30.5 Å². The summed E-state index contributed by atoms with van der Waals surface area (Å²) in [6.07, 6.45) is 3.86. The van der Waals surface area contributed by atoms with Crippen LogP contribution in [0.1, 0.15) is 28.9 Å². The van der Waals surface area contributed by atoms with Gasteiger partial charge in [-0.3, -0.25) is 4.79 Å². The first-order valence-electron chi connectivity index (χ1n) is 7.94. The summed E-state index contributed by atoms with van der Waals surface area (Å²) >= 11 is 0. The van der Waals surface area contributed by atoms with Crippen molar-refractivity contribution in [3.8, 4) is 5.69 Å². The minimum Gasteiger partial charge on any atom is -0.352 e. The van der Waals surface area contributed by atoms with Gasteiger partial charge in [0.2, 0.25) is 0 Å². The minimum absolute atomic E-state index is 0. The molecule has 3 rings (SSSR count). The number of halogens is 2. The van der Waals surface area contributed by atoms with E-state index in [0.29, 0.717) is 18.0 Å². The molecule has 1 aromatic carbocycles. The number of carbonyl (C=O) groups is 1. The number of benzene rings is 1. The van der Waals surface area contributed by atoms with E-state index in [1.165, 1.54) is 12.1 Å². The summed E-state index contributed by atoms with van der Waals surface area (Å²) in [6.45, 7) is 4.53. The Morgan fingerprint density at radius 2 is 2.17 bits per heavy atom. The Labute approximate surface area is 147 Å². The molecule has 0 aliphatic carbocycles. The summed E-state index contributed by atoms with van der Waals surface area (Å²) in [5, 5.41) is 10.6. The van der Waals surface area contributed by atoms with E-state index >= 15 is 0 Å². The Morgan fingerprint density at radius 1 is 1.42 bits per heavy atom. The smallest absolute Gasteiger partial charge is 0.254 e. The van der Waals surface area contributed by atoms with Crippen molar-refractivity contribution in [3.63, 3.8) is 0 Å². The lowest BCUT2D eigenvalue weighted by Gasteiger charge is -2.22. The number of aromatic nitrogens is 2. The topological polar surface area (TPSA) is 59.0 Å². The normalized spacial score (nSPS) is 17.2. The molecule has 1 aliphatic rings. The molecule has 0 saturated carbocycles. The van der Waals surface area contributed by atoms with Gasteiger partial charge in [-0.2, -0.15) is 5.10 Å². The van der Waals surface area contributed by atoms with E-state index in [4.69, 9.17) is 0 Å². The molecule has 2 N–H and O–H groups in total. The molecule has 2 heterocycles. The summed E-state index contributed by atoms with van der Waals surface area (Å²) in [5.41, 5.74) is 2.04. The number of hydrogen-bond acceptors (Lipinski definition) is 3. The van der Waals surface area contributed by atoms with E-state index in [-0.39, 0.29) is 24.1 Å². The Kier molecular flexibility index (Phi) is 6.34. The van der Waals surface area contributed by atoms with Crippen molar-refractivity contribution in [2.75, 3.05) is 19.6 Å². The Balaban J connectivity index is 0.00000208. The molecule has 0 bridgehead atoms. The lowest BCUT2D eigenvalue weighted by molar-refractivity contribution is 0.0944. The molecule has 1 atom stereocenters. The van der Waals surface area contributed by atoms with Crippen LogP contribution in [0.2, 0.25) is 0 Å². The minimum atomic E-state index is -0.294. The van der Waals surface area contributed by atoms with Crippen LogP contribution < -0.4 is 10.6 Å². The van der Waals surface area contributed by atoms with Gasteiger partial charge in [0.25, 0.3) is 5.91 Å². The average molecular weight is 353 g/mol. The van der Waals surface area contributed by atoms with Gasteiger partial charge in [0.1, 0.15) is 5.82 Å². The summed E-state index contributed by atoms with van der Waals surface area (Å²) in [7, 11) is 0. The molecule has 130 valence electrons. The molecule has 1 unspecified atom stereocenters. The maximum absolute atomic E-state index is 13.0. The zero-order valence-corrected chi connectivity index (χ0v) is 14.4. The van der Waals surface area contributed by atoms with Gasteiger partial charge in [0, 0.05) is 6.54 Å². The first-order chi connectivity index (χ1) is 11.1. The van der Waals surface area contributed by atoms with Gasteiger partial charge in [-0.25, -0.2) is 9.07 Å². The second kappa shape index (κ2) is 8.26. The lowest BCUT2D eigenvalue weighted by atomic mass is 10.00. The van der Waals surface area contributed by atoms with Crippen molar-refractivity contribution in [1.29, 1.82) is 0 Å². The fourth-order valence-electron chi connectivity index (χ4n) is 2.91. The van der Waals surface area contributed by atoms with Gasteiger partial charge >= 0.3 is 0 Å². The van der Waals surface area contributed by atoms with Crippen LogP contribution in [0, 0.1) is 18.7 Å². The van der Waals surface area contributed by atoms with E-state index in [2.05, 4.69) is 15.7 Å². The van der Waals surface area contributed by atoms with Crippen LogP contribution in [0.25, 0.3) is 5.69 Å². The quantitative estimate of drug-likeness (QED) is 0.888. The summed E-state index contributed by atoms with van der Waals surface area (Å²) in [5.74, 6) is 0.0826. The maximum Gasteiger partial charge on any atom is 0.254 e. The molecule has 7 heteroatoms. The average Bonchev–Trinajstić information content (AvgIpc) is 2.96. The predicted octanol–water partition coefficient (Wildman–Crippen LogP) is 2.47. The number of piperidine rings is 1. The number of amides is 1. The van der Waals surface area contributed by atoms with Crippen molar-refractivity contribution in [2.24, 2.45) is 5.92 Å². The van der Waals surface area contributed by atoms with Crippen molar-refractivity contribution in [3.05, 3.63) is 47.5 Å². The first-order valence-corrected chi connectivity index (χ1v) is 7.94. The molecule has 5 nitrogen and oxygen atoms in total. The molecule has 2 aromatic rings. The van der Waals surface area contributed by atoms with Crippen molar-refractivity contribution in [1.82, 2.24) is 20.4 Å². The number of carbonyl (C=O) groups excluding carboxylic acids is 1. The van der Waals surface area contributed by atoms with Gasteiger partial charge in [-0.15, -0.1) is 12.4 Å². The highest BCUT2D eigenvalue weighted by Crippen LogP contribution is 2.15. The van der Waals surface area contributed by atoms with Crippen molar-refractivity contribution >= 4 is 18.3 Å². The number of nitrogens with one attached hydrogen (secondary N) is 2. The molecular weight excluding hydrogens is 331 g/mol. The van der Waals surface area contributed by atoms with Gasteiger partial charge in [-0.1, -0.05) is 0 Å². The number of hydrogen-bond donors (Lipinski definition) is 2. The predicted molar refractivity (Wildman–Crippen MR) is 93.4 cm³/mol. The van der Waals surface area contributed by atoms with E-state index in [1.807, 2.05) is 6.92 Å². The van der Waals surface area contributed by atoms with Gasteiger partial charge in [0.15, 0.2) is 0 Å². The van der Waals surface area contributed by atoms with E-state index in [1.54, 1.807) is 23.0 Å². The molecule has 24 heavy (non-hydrogen) atoms. The third kappa shape index (κ3) is 4.13. The molecule has 1 saturated heterocycles. The monoisotopic (exact) mass is 352 g/mol. The fourth-order valence-corrected chi connectivity index (χ4v) is 2.91. The molecule has 0 radical (unpaired) electrons. The zero-order chi connectivity index (χ0) is 16.2.